The van der Waals surface area contributed by atoms with Crippen LogP contribution in [-0.4, -0.2) is 28.6 Å². The van der Waals surface area contributed by atoms with E-state index < -0.39 is 0 Å². The molecular weight excluding hydrogens is 329 g/mol. The Balaban J connectivity index is 0.00000144. The van der Waals surface area contributed by atoms with Gasteiger partial charge in [0.1, 0.15) is 12.4 Å². The molecule has 0 aromatic carbocycles. The van der Waals surface area contributed by atoms with Gasteiger partial charge in [-0.1, -0.05) is 13.3 Å². The van der Waals surface area contributed by atoms with E-state index in [-0.39, 0.29) is 30.0 Å². The number of hydrogen-bond acceptors (Lipinski definition) is 1. The van der Waals surface area contributed by atoms with Crippen LogP contribution >= 0.6 is 0 Å². The Morgan fingerprint density at radius 3 is 2.88 bits per heavy atom. The molecule has 2 heterocycles. The number of hydrogen-bond donors (Lipinski definition) is 0. The van der Waals surface area contributed by atoms with Gasteiger partial charge >= 0.3 is 6.03 Å². The zero-order valence-electron chi connectivity index (χ0n) is 10.5. The molecule has 5 heteroatoms. The third-order valence-electron chi connectivity index (χ3n) is 3.24. The molecule has 1 unspecified atom stereocenters. The SMILES string of the molecule is CCCC1CCN(C(=O)n2cc[n+](C)c2)C1.[I-]. The highest BCUT2D eigenvalue weighted by Crippen LogP contribution is 2.21. The average Bonchev–Trinajstić information content (AvgIpc) is 2.87. The van der Waals surface area contributed by atoms with Crippen molar-refractivity contribution in [3.63, 3.8) is 0 Å². The number of aromatic nitrogens is 2. The topological polar surface area (TPSA) is 29.1 Å². The van der Waals surface area contributed by atoms with Gasteiger partial charge in [-0.25, -0.2) is 9.36 Å². The molecule has 1 atom stereocenters. The predicted molar refractivity (Wildman–Crippen MR) is 61.0 cm³/mol. The summed E-state index contributed by atoms with van der Waals surface area (Å²) in [7, 11) is 1.92. The third-order valence-corrected chi connectivity index (χ3v) is 3.24. The molecule has 96 valence electrons. The van der Waals surface area contributed by atoms with E-state index in [1.807, 2.05) is 35.2 Å². The van der Waals surface area contributed by atoms with Crippen molar-refractivity contribution < 1.29 is 33.3 Å². The van der Waals surface area contributed by atoms with E-state index in [2.05, 4.69) is 6.92 Å². The summed E-state index contributed by atoms with van der Waals surface area (Å²) in [4.78, 5) is 14.0. The number of halogens is 1. The Morgan fingerprint density at radius 2 is 2.29 bits per heavy atom. The van der Waals surface area contributed by atoms with E-state index in [0.29, 0.717) is 5.92 Å². The van der Waals surface area contributed by atoms with Crippen LogP contribution in [0.5, 0.6) is 0 Å². The summed E-state index contributed by atoms with van der Waals surface area (Å²) in [6, 6.07) is 0.110. The quantitative estimate of drug-likeness (QED) is 0.468. The van der Waals surface area contributed by atoms with Crippen LogP contribution in [0.4, 0.5) is 4.79 Å². The molecule has 17 heavy (non-hydrogen) atoms. The van der Waals surface area contributed by atoms with E-state index in [9.17, 15) is 4.79 Å². The van der Waals surface area contributed by atoms with Gasteiger partial charge in [-0.2, -0.15) is 4.57 Å². The second-order valence-corrected chi connectivity index (χ2v) is 4.66. The highest BCUT2D eigenvalue weighted by Gasteiger charge is 2.29. The molecule has 0 N–H and O–H groups in total. The molecule has 1 aliphatic heterocycles. The summed E-state index contributed by atoms with van der Waals surface area (Å²) in [5.41, 5.74) is 0. The lowest BCUT2D eigenvalue weighted by Crippen LogP contribution is -3.00. The van der Waals surface area contributed by atoms with Crippen molar-refractivity contribution >= 4 is 6.03 Å². The summed E-state index contributed by atoms with van der Waals surface area (Å²) in [5, 5.41) is 0. The van der Waals surface area contributed by atoms with Gasteiger partial charge in [0, 0.05) is 13.1 Å². The van der Waals surface area contributed by atoms with E-state index in [0.717, 1.165) is 19.5 Å². The van der Waals surface area contributed by atoms with Gasteiger partial charge in [0.05, 0.1) is 7.05 Å². The van der Waals surface area contributed by atoms with Crippen LogP contribution in [0.3, 0.4) is 0 Å². The zero-order valence-corrected chi connectivity index (χ0v) is 12.6. The minimum Gasteiger partial charge on any atom is -1.00 e. The Bertz CT molecular complexity index is 378. The first-order valence-electron chi connectivity index (χ1n) is 6.03. The fourth-order valence-electron chi connectivity index (χ4n) is 2.38. The van der Waals surface area contributed by atoms with Crippen molar-refractivity contribution in [2.45, 2.75) is 26.2 Å². The maximum atomic E-state index is 12.1. The van der Waals surface area contributed by atoms with Crippen molar-refractivity contribution in [3.05, 3.63) is 18.7 Å². The molecule has 0 bridgehead atoms. The number of imidazole rings is 1. The molecule has 0 saturated carbocycles. The monoisotopic (exact) mass is 349 g/mol. The van der Waals surface area contributed by atoms with Crippen LogP contribution in [0.25, 0.3) is 0 Å². The van der Waals surface area contributed by atoms with Crippen LogP contribution in [0.1, 0.15) is 26.2 Å². The summed E-state index contributed by atoms with van der Waals surface area (Å²) < 4.78 is 3.55. The van der Waals surface area contributed by atoms with Crippen LogP contribution in [0, 0.1) is 5.92 Å². The molecule has 1 fully saturated rings. The van der Waals surface area contributed by atoms with E-state index >= 15 is 0 Å². The number of nitrogens with zero attached hydrogens (tertiary/aromatic N) is 3. The molecule has 1 amide bonds. The molecule has 1 aromatic heterocycles. The van der Waals surface area contributed by atoms with Crippen molar-refractivity contribution in [2.24, 2.45) is 13.0 Å². The molecule has 1 saturated heterocycles. The van der Waals surface area contributed by atoms with Gasteiger partial charge in [-0.15, -0.1) is 0 Å². The summed E-state index contributed by atoms with van der Waals surface area (Å²) in [6.45, 7) is 4.04. The second-order valence-electron chi connectivity index (χ2n) is 4.66. The third kappa shape index (κ3) is 3.43. The summed E-state index contributed by atoms with van der Waals surface area (Å²) in [5.74, 6) is 0.707. The zero-order chi connectivity index (χ0) is 11.5. The molecular formula is C12H20IN3O. The lowest BCUT2D eigenvalue weighted by atomic mass is 10.0. The van der Waals surface area contributed by atoms with Crippen molar-refractivity contribution in [2.75, 3.05) is 13.1 Å². The van der Waals surface area contributed by atoms with Gasteiger partial charge in [0.15, 0.2) is 0 Å². The van der Waals surface area contributed by atoms with E-state index in [1.165, 1.54) is 12.8 Å². The number of likely N-dealkylation sites (tertiary alicyclic amines) is 1. The van der Waals surface area contributed by atoms with Gasteiger partial charge in [0.2, 0.25) is 0 Å². The maximum Gasteiger partial charge on any atom is 0.415 e. The Hall–Kier alpha value is -0.590. The fraction of sp³-hybridized carbons (Fsp3) is 0.667. The minimum absolute atomic E-state index is 0. The Labute approximate surface area is 120 Å². The highest BCUT2D eigenvalue weighted by atomic mass is 127. The second kappa shape index (κ2) is 6.37. The summed E-state index contributed by atoms with van der Waals surface area (Å²) in [6.07, 6.45) is 9.13. The number of amides is 1. The predicted octanol–water partition coefficient (Wildman–Crippen LogP) is -1.59. The molecule has 1 aliphatic rings. The number of carbonyl (C=O) groups is 1. The normalized spacial score (nSPS) is 19.2. The van der Waals surface area contributed by atoms with Crippen LogP contribution in [0.15, 0.2) is 18.7 Å². The van der Waals surface area contributed by atoms with Gasteiger partial charge < -0.3 is 28.9 Å². The molecule has 2 rings (SSSR count). The molecule has 0 radical (unpaired) electrons. The first kappa shape index (κ1) is 14.5. The first-order valence-corrected chi connectivity index (χ1v) is 6.03. The lowest BCUT2D eigenvalue weighted by molar-refractivity contribution is -0.670. The molecule has 1 aromatic rings. The van der Waals surface area contributed by atoms with Crippen molar-refractivity contribution in [1.82, 2.24) is 9.47 Å². The standard InChI is InChI=1S/C12H20N3O.HI/c1-3-4-11-5-6-14(9-11)12(16)15-8-7-13(2)10-15;/h7-8,10-11H,3-6,9H2,1-2H3;1H/q+1;/p-1. The number of carbonyl (C=O) groups excluding carboxylic acids is 1. The smallest absolute Gasteiger partial charge is 0.415 e. The van der Waals surface area contributed by atoms with Gasteiger partial charge in [-0.3, -0.25) is 0 Å². The minimum atomic E-state index is 0. The Kier molecular flexibility index (Phi) is 5.42. The first-order chi connectivity index (χ1) is 7.70. The lowest BCUT2D eigenvalue weighted by Gasteiger charge is -2.12. The molecule has 4 nitrogen and oxygen atoms in total. The van der Waals surface area contributed by atoms with Gasteiger partial charge in [0.25, 0.3) is 6.33 Å². The highest BCUT2D eigenvalue weighted by molar-refractivity contribution is 5.76. The van der Waals surface area contributed by atoms with Crippen LogP contribution in [-0.2, 0) is 7.05 Å². The molecule has 0 spiro atoms. The van der Waals surface area contributed by atoms with E-state index in [4.69, 9.17) is 0 Å². The number of aryl methyl sites for hydroxylation is 1. The maximum absolute atomic E-state index is 12.1. The van der Waals surface area contributed by atoms with Crippen LogP contribution in [0.2, 0.25) is 0 Å². The summed E-state index contributed by atoms with van der Waals surface area (Å²) >= 11 is 0. The van der Waals surface area contributed by atoms with Crippen molar-refractivity contribution in [1.29, 1.82) is 0 Å². The Morgan fingerprint density at radius 1 is 1.53 bits per heavy atom. The van der Waals surface area contributed by atoms with Gasteiger partial charge in [-0.05, 0) is 18.8 Å². The number of rotatable bonds is 2. The largest absolute Gasteiger partial charge is 1.00 e. The van der Waals surface area contributed by atoms with E-state index in [1.54, 1.807) is 4.57 Å². The fourth-order valence-corrected chi connectivity index (χ4v) is 2.38. The van der Waals surface area contributed by atoms with Crippen molar-refractivity contribution in [3.8, 4) is 0 Å². The average molecular weight is 349 g/mol. The molecule has 0 aliphatic carbocycles. The van der Waals surface area contributed by atoms with Crippen LogP contribution < -0.4 is 28.5 Å².